The minimum absolute atomic E-state index is 0.0266. The number of carbonyl (C=O) groups excluding carboxylic acids is 1. The molecule has 3 aliphatic heterocycles. The number of amides is 1. The van der Waals surface area contributed by atoms with Crippen LogP contribution in [0.15, 0.2) is 78.8 Å². The number of rotatable bonds is 9. The first-order chi connectivity index (χ1) is 20.8. The van der Waals surface area contributed by atoms with Gasteiger partial charge in [-0.05, 0) is 61.6 Å². The van der Waals surface area contributed by atoms with Gasteiger partial charge >= 0.3 is 0 Å². The van der Waals surface area contributed by atoms with Crippen molar-refractivity contribution in [3.8, 4) is 0 Å². The molecule has 2 atom stereocenters. The van der Waals surface area contributed by atoms with Crippen LogP contribution in [-0.2, 0) is 15.8 Å². The molecule has 0 N–H and O–H groups in total. The molecule has 2 aromatic carbocycles. The molecule has 3 aromatic rings. The lowest BCUT2D eigenvalue weighted by Crippen LogP contribution is -2.40. The standard InChI is InChI=1S/C34H41N5O3S/c1-25-33(26(2)36-24-35-25)34(40)38-21-30-19-37(20-31(30)22-38)16-15-32(28-11-7-4-8-12-28)29-13-17-39(18-14-29)43(41,42)23-27-9-5-3-6-10-27/h3-12,19,24,29,31-32H,13-18,20-23H2,1-2H3. The number of benzene rings is 2. The van der Waals surface area contributed by atoms with Crippen LogP contribution in [-0.4, -0.2) is 77.7 Å². The largest absolute Gasteiger partial charge is 0.377 e. The van der Waals surface area contributed by atoms with Crippen LogP contribution in [0.3, 0.4) is 0 Å². The van der Waals surface area contributed by atoms with Gasteiger partial charge in [0, 0.05) is 51.4 Å². The van der Waals surface area contributed by atoms with Gasteiger partial charge in [0.2, 0.25) is 10.0 Å². The van der Waals surface area contributed by atoms with Gasteiger partial charge in [0.25, 0.3) is 5.91 Å². The van der Waals surface area contributed by atoms with Crippen molar-refractivity contribution >= 4 is 15.9 Å². The summed E-state index contributed by atoms with van der Waals surface area (Å²) in [5, 5.41) is 0. The molecule has 1 aromatic heterocycles. The Morgan fingerprint density at radius 2 is 1.58 bits per heavy atom. The molecule has 1 amide bonds. The first-order valence-corrected chi connectivity index (χ1v) is 17.0. The van der Waals surface area contributed by atoms with Gasteiger partial charge in [-0.25, -0.2) is 22.7 Å². The van der Waals surface area contributed by atoms with E-state index in [1.165, 1.54) is 17.5 Å². The fraction of sp³-hybridized carbons (Fsp3) is 0.441. The van der Waals surface area contributed by atoms with Crippen molar-refractivity contribution in [1.29, 1.82) is 0 Å². The van der Waals surface area contributed by atoms with Crippen molar-refractivity contribution in [1.82, 2.24) is 24.1 Å². The molecule has 2 saturated heterocycles. The van der Waals surface area contributed by atoms with Crippen LogP contribution < -0.4 is 0 Å². The van der Waals surface area contributed by atoms with Gasteiger partial charge in [0.15, 0.2) is 0 Å². The molecule has 226 valence electrons. The molecule has 0 spiro atoms. The normalized spacial score (nSPS) is 20.2. The number of fused-ring (bicyclic) bond motifs is 1. The maximum absolute atomic E-state index is 13.3. The first-order valence-electron chi connectivity index (χ1n) is 15.4. The van der Waals surface area contributed by atoms with Crippen LogP contribution in [0.2, 0.25) is 0 Å². The minimum Gasteiger partial charge on any atom is -0.377 e. The van der Waals surface area contributed by atoms with E-state index >= 15 is 0 Å². The molecule has 9 heteroatoms. The van der Waals surface area contributed by atoms with E-state index < -0.39 is 10.0 Å². The van der Waals surface area contributed by atoms with E-state index in [0.29, 0.717) is 43.0 Å². The maximum atomic E-state index is 13.3. The second-order valence-corrected chi connectivity index (χ2v) is 14.3. The zero-order chi connectivity index (χ0) is 30.0. The summed E-state index contributed by atoms with van der Waals surface area (Å²) in [6.45, 7) is 8.17. The summed E-state index contributed by atoms with van der Waals surface area (Å²) in [6.07, 6.45) is 6.55. The summed E-state index contributed by atoms with van der Waals surface area (Å²) in [5.74, 6) is 1.27. The average molecular weight is 600 g/mol. The molecule has 2 unspecified atom stereocenters. The number of nitrogens with zero attached hydrogens (tertiary/aromatic N) is 5. The van der Waals surface area contributed by atoms with Gasteiger partial charge in [-0.15, -0.1) is 0 Å². The zero-order valence-corrected chi connectivity index (χ0v) is 25.9. The van der Waals surface area contributed by atoms with Crippen molar-refractivity contribution in [3.63, 3.8) is 0 Å². The van der Waals surface area contributed by atoms with Gasteiger partial charge in [-0.1, -0.05) is 60.7 Å². The third-order valence-electron chi connectivity index (χ3n) is 9.48. The van der Waals surface area contributed by atoms with E-state index in [1.807, 2.05) is 49.1 Å². The van der Waals surface area contributed by atoms with Crippen molar-refractivity contribution in [3.05, 3.63) is 107 Å². The quantitative estimate of drug-likeness (QED) is 0.352. The van der Waals surface area contributed by atoms with Crippen molar-refractivity contribution in [2.24, 2.45) is 11.8 Å². The summed E-state index contributed by atoms with van der Waals surface area (Å²) in [5.41, 5.74) is 5.60. The van der Waals surface area contributed by atoms with E-state index in [2.05, 4.69) is 51.4 Å². The van der Waals surface area contributed by atoms with E-state index in [-0.39, 0.29) is 11.7 Å². The van der Waals surface area contributed by atoms with E-state index in [0.717, 1.165) is 55.8 Å². The Hall–Kier alpha value is -3.56. The van der Waals surface area contributed by atoms with Crippen LogP contribution >= 0.6 is 0 Å². The summed E-state index contributed by atoms with van der Waals surface area (Å²) in [7, 11) is -3.34. The Kier molecular flexibility index (Phi) is 8.63. The second-order valence-electron chi connectivity index (χ2n) is 12.3. The highest BCUT2D eigenvalue weighted by Gasteiger charge is 2.37. The molecule has 0 saturated carbocycles. The minimum atomic E-state index is -3.34. The fourth-order valence-corrected chi connectivity index (χ4v) is 8.74. The highest BCUT2D eigenvalue weighted by Crippen LogP contribution is 2.38. The fourth-order valence-electron chi connectivity index (χ4n) is 7.17. The Morgan fingerprint density at radius 1 is 0.930 bits per heavy atom. The van der Waals surface area contributed by atoms with Crippen molar-refractivity contribution < 1.29 is 13.2 Å². The first kappa shape index (κ1) is 29.5. The smallest absolute Gasteiger partial charge is 0.257 e. The lowest BCUT2D eigenvalue weighted by molar-refractivity contribution is 0.0782. The SMILES string of the molecule is Cc1ncnc(C)c1C(=O)N1CC2=CN(CCC(c3ccccc3)C3CCN(S(=O)(=O)Cc4ccccc4)CC3)CC2C1. The molecule has 0 aliphatic carbocycles. The summed E-state index contributed by atoms with van der Waals surface area (Å²) < 4.78 is 28.0. The molecule has 4 heterocycles. The number of aryl methyl sites for hydroxylation is 2. The monoisotopic (exact) mass is 599 g/mol. The molecule has 3 aliphatic rings. The number of likely N-dealkylation sites (tertiary alicyclic amines) is 1. The van der Waals surface area contributed by atoms with Crippen molar-refractivity contribution in [2.45, 2.75) is 44.8 Å². The van der Waals surface area contributed by atoms with Gasteiger partial charge in [-0.2, -0.15) is 0 Å². The van der Waals surface area contributed by atoms with Crippen LogP contribution in [0, 0.1) is 25.7 Å². The lowest BCUT2D eigenvalue weighted by Gasteiger charge is -2.36. The van der Waals surface area contributed by atoms with Gasteiger partial charge in [-0.3, -0.25) is 4.79 Å². The van der Waals surface area contributed by atoms with Crippen molar-refractivity contribution in [2.75, 3.05) is 39.3 Å². The van der Waals surface area contributed by atoms with Gasteiger partial charge < -0.3 is 9.80 Å². The molecule has 0 radical (unpaired) electrons. The molecule has 43 heavy (non-hydrogen) atoms. The molecule has 6 rings (SSSR count). The van der Waals surface area contributed by atoms with E-state index in [4.69, 9.17) is 0 Å². The highest BCUT2D eigenvalue weighted by molar-refractivity contribution is 7.88. The molecule has 0 bridgehead atoms. The number of hydrogen-bond acceptors (Lipinski definition) is 6. The topological polar surface area (TPSA) is 86.7 Å². The molecular weight excluding hydrogens is 558 g/mol. The van der Waals surface area contributed by atoms with Gasteiger partial charge in [0.1, 0.15) is 6.33 Å². The molecule has 8 nitrogen and oxygen atoms in total. The average Bonchev–Trinajstić information content (AvgIpc) is 3.58. The number of sulfonamides is 1. The third kappa shape index (κ3) is 6.53. The molecular formula is C34H41N5O3S. The van der Waals surface area contributed by atoms with Crippen LogP contribution in [0.5, 0.6) is 0 Å². The Labute approximate surface area is 255 Å². The summed E-state index contributed by atoms with van der Waals surface area (Å²) in [6, 6.07) is 20.2. The second kappa shape index (κ2) is 12.6. The third-order valence-corrected chi connectivity index (χ3v) is 11.3. The number of piperidine rings is 1. The predicted octanol–water partition coefficient (Wildman–Crippen LogP) is 4.78. The van der Waals surface area contributed by atoms with Crippen LogP contribution in [0.25, 0.3) is 0 Å². The zero-order valence-electron chi connectivity index (χ0n) is 25.1. The Bertz CT molecular complexity index is 1550. The highest BCUT2D eigenvalue weighted by atomic mass is 32.2. The van der Waals surface area contributed by atoms with Gasteiger partial charge in [0.05, 0.1) is 22.7 Å². The number of hydrogen-bond donors (Lipinski definition) is 0. The van der Waals surface area contributed by atoms with E-state index in [9.17, 15) is 13.2 Å². The number of carbonyl (C=O) groups is 1. The predicted molar refractivity (Wildman–Crippen MR) is 168 cm³/mol. The van der Waals surface area contributed by atoms with E-state index in [1.54, 1.807) is 4.31 Å². The summed E-state index contributed by atoms with van der Waals surface area (Å²) >= 11 is 0. The maximum Gasteiger partial charge on any atom is 0.257 e. The van der Waals surface area contributed by atoms with Crippen LogP contribution in [0.4, 0.5) is 0 Å². The Morgan fingerprint density at radius 3 is 2.23 bits per heavy atom. The summed E-state index contributed by atoms with van der Waals surface area (Å²) in [4.78, 5) is 26.1. The van der Waals surface area contributed by atoms with Crippen LogP contribution in [0.1, 0.15) is 58.1 Å². The lowest BCUT2D eigenvalue weighted by atomic mass is 9.78. The number of aromatic nitrogens is 2. The molecule has 2 fully saturated rings. The Balaban J connectivity index is 1.07.